The second-order valence-electron chi connectivity index (χ2n) is 3.84. The van der Waals surface area contributed by atoms with Crippen molar-refractivity contribution in [3.63, 3.8) is 0 Å². The molecule has 4 heteroatoms. The van der Waals surface area contributed by atoms with Gasteiger partial charge in [-0.15, -0.1) is 11.3 Å². The molecule has 2 rings (SSSR count). The highest BCUT2D eigenvalue weighted by atomic mass is 79.9. The van der Waals surface area contributed by atoms with E-state index < -0.39 is 0 Å². The quantitative estimate of drug-likeness (QED) is 0.677. The minimum absolute atomic E-state index is 0.879. The van der Waals surface area contributed by atoms with E-state index in [9.17, 15) is 0 Å². The lowest BCUT2D eigenvalue weighted by molar-refractivity contribution is 0.932. The molecule has 90 valence electrons. The minimum Gasteiger partial charge on any atom is -0.369 e. The summed E-state index contributed by atoms with van der Waals surface area (Å²) in [5.41, 5.74) is 2.58. The first-order chi connectivity index (χ1) is 8.20. The van der Waals surface area contributed by atoms with Crippen molar-refractivity contribution in [2.75, 3.05) is 11.9 Å². The number of anilines is 1. The van der Waals surface area contributed by atoms with Gasteiger partial charge in [0.25, 0.3) is 0 Å². The van der Waals surface area contributed by atoms with Crippen LogP contribution in [-0.2, 0) is 11.9 Å². The maximum Gasteiger partial charge on any atom is 0.0519 e. The van der Waals surface area contributed by atoms with Gasteiger partial charge in [0, 0.05) is 27.4 Å². The topological polar surface area (TPSA) is 3.24 Å². The van der Waals surface area contributed by atoms with Gasteiger partial charge >= 0.3 is 0 Å². The number of rotatable bonds is 4. The van der Waals surface area contributed by atoms with Crippen LogP contribution >= 0.6 is 43.2 Å². The molecule has 1 heterocycles. The van der Waals surface area contributed by atoms with Crippen molar-refractivity contribution in [3.05, 3.63) is 50.6 Å². The van der Waals surface area contributed by atoms with E-state index in [1.807, 2.05) is 0 Å². The van der Waals surface area contributed by atoms with Gasteiger partial charge in [0.2, 0.25) is 0 Å². The fourth-order valence-electron chi connectivity index (χ4n) is 1.73. The fourth-order valence-corrected chi connectivity index (χ4v) is 3.31. The van der Waals surface area contributed by atoms with Gasteiger partial charge < -0.3 is 4.90 Å². The number of hydrogen-bond donors (Lipinski definition) is 0. The van der Waals surface area contributed by atoms with Crippen molar-refractivity contribution in [3.8, 4) is 0 Å². The number of hydrogen-bond acceptors (Lipinski definition) is 2. The third kappa shape index (κ3) is 3.33. The van der Waals surface area contributed by atoms with Crippen LogP contribution in [0.15, 0.2) is 40.2 Å². The molecule has 2 aromatic rings. The summed E-state index contributed by atoms with van der Waals surface area (Å²) in [4.78, 5) is 3.67. The molecule has 0 radical (unpaired) electrons. The molecule has 0 N–H and O–H groups in total. The predicted molar refractivity (Wildman–Crippen MR) is 83.2 cm³/mol. The van der Waals surface area contributed by atoms with Crippen molar-refractivity contribution in [2.45, 2.75) is 11.9 Å². The Labute approximate surface area is 123 Å². The molecule has 1 nitrogen and oxygen atoms in total. The van der Waals surface area contributed by atoms with Crippen molar-refractivity contribution >= 4 is 48.9 Å². The monoisotopic (exact) mass is 373 g/mol. The van der Waals surface area contributed by atoms with Gasteiger partial charge in [-0.3, -0.25) is 0 Å². The molecule has 0 aliphatic heterocycles. The maximum absolute atomic E-state index is 3.54. The van der Waals surface area contributed by atoms with Gasteiger partial charge in [-0.2, -0.15) is 0 Å². The van der Waals surface area contributed by atoms with E-state index in [2.05, 4.69) is 79.5 Å². The van der Waals surface area contributed by atoms with Gasteiger partial charge in [-0.1, -0.05) is 44.0 Å². The third-order valence-corrected chi connectivity index (χ3v) is 4.53. The second-order valence-corrected chi connectivity index (χ2v) is 6.35. The zero-order valence-electron chi connectivity index (χ0n) is 9.49. The van der Waals surface area contributed by atoms with Gasteiger partial charge in [-0.25, -0.2) is 0 Å². The zero-order chi connectivity index (χ0) is 12.3. The van der Waals surface area contributed by atoms with Crippen LogP contribution in [0.2, 0.25) is 0 Å². The SMILES string of the molecule is CN(Cc1cccs1)c1cc(Br)ccc1CBr. The van der Waals surface area contributed by atoms with Gasteiger partial charge in [0.1, 0.15) is 0 Å². The first kappa shape index (κ1) is 13.1. The highest BCUT2D eigenvalue weighted by Crippen LogP contribution is 2.27. The molecule has 0 amide bonds. The average molecular weight is 375 g/mol. The number of benzene rings is 1. The Morgan fingerprint density at radius 3 is 2.76 bits per heavy atom. The number of alkyl halides is 1. The van der Waals surface area contributed by atoms with E-state index in [1.165, 1.54) is 16.1 Å². The van der Waals surface area contributed by atoms with Gasteiger partial charge in [0.15, 0.2) is 0 Å². The highest BCUT2D eigenvalue weighted by molar-refractivity contribution is 9.10. The summed E-state index contributed by atoms with van der Waals surface area (Å²) in [6, 6.07) is 10.7. The average Bonchev–Trinajstić information content (AvgIpc) is 2.81. The van der Waals surface area contributed by atoms with Crippen molar-refractivity contribution in [2.24, 2.45) is 0 Å². The van der Waals surface area contributed by atoms with Crippen LogP contribution < -0.4 is 4.90 Å². The Hall–Kier alpha value is -0.320. The molecule has 0 saturated carbocycles. The maximum atomic E-state index is 3.54. The third-order valence-electron chi connectivity index (χ3n) is 2.58. The zero-order valence-corrected chi connectivity index (χ0v) is 13.5. The molecular weight excluding hydrogens is 362 g/mol. The van der Waals surface area contributed by atoms with Crippen LogP contribution in [0.5, 0.6) is 0 Å². The largest absolute Gasteiger partial charge is 0.369 e. The summed E-state index contributed by atoms with van der Waals surface area (Å²) in [6.07, 6.45) is 0. The van der Waals surface area contributed by atoms with Crippen LogP contribution in [-0.4, -0.2) is 7.05 Å². The standard InChI is InChI=1S/C13H13Br2NS/c1-16(9-12-3-2-6-17-12)13-7-11(15)5-4-10(13)8-14/h2-7H,8-9H2,1H3. The van der Waals surface area contributed by atoms with Crippen LogP contribution in [0.4, 0.5) is 5.69 Å². The summed E-state index contributed by atoms with van der Waals surface area (Å²) in [7, 11) is 2.13. The molecule has 0 bridgehead atoms. The lowest BCUT2D eigenvalue weighted by Crippen LogP contribution is -2.17. The number of nitrogens with zero attached hydrogens (tertiary/aromatic N) is 1. The number of halogens is 2. The molecule has 0 atom stereocenters. The normalized spacial score (nSPS) is 10.5. The molecule has 1 aromatic carbocycles. The van der Waals surface area contributed by atoms with Gasteiger partial charge in [0.05, 0.1) is 6.54 Å². The van der Waals surface area contributed by atoms with E-state index >= 15 is 0 Å². The van der Waals surface area contributed by atoms with Crippen molar-refractivity contribution in [1.82, 2.24) is 0 Å². The van der Waals surface area contributed by atoms with Crippen LogP contribution in [0.25, 0.3) is 0 Å². The molecule has 0 spiro atoms. The Morgan fingerprint density at radius 2 is 2.12 bits per heavy atom. The van der Waals surface area contributed by atoms with E-state index in [-0.39, 0.29) is 0 Å². The lowest BCUT2D eigenvalue weighted by atomic mass is 10.2. The molecular formula is C13H13Br2NS. The summed E-state index contributed by atoms with van der Waals surface area (Å²) in [5, 5.41) is 3.00. The highest BCUT2D eigenvalue weighted by Gasteiger charge is 2.08. The molecule has 0 unspecified atom stereocenters. The van der Waals surface area contributed by atoms with E-state index in [0.717, 1.165) is 16.3 Å². The minimum atomic E-state index is 0.879. The molecule has 0 fully saturated rings. The fraction of sp³-hybridized carbons (Fsp3) is 0.231. The van der Waals surface area contributed by atoms with E-state index in [4.69, 9.17) is 0 Å². The first-order valence-corrected chi connectivity index (χ1v) is 8.08. The second kappa shape index (κ2) is 6.03. The first-order valence-electron chi connectivity index (χ1n) is 5.28. The predicted octanol–water partition coefficient (Wildman–Crippen LogP) is 5.04. The van der Waals surface area contributed by atoms with Crippen molar-refractivity contribution in [1.29, 1.82) is 0 Å². The number of thiophene rings is 1. The molecule has 0 aliphatic rings. The van der Waals surface area contributed by atoms with Crippen LogP contribution in [0, 0.1) is 0 Å². The smallest absolute Gasteiger partial charge is 0.0519 e. The van der Waals surface area contributed by atoms with Crippen LogP contribution in [0.1, 0.15) is 10.4 Å². The Bertz CT molecular complexity index is 482. The molecule has 17 heavy (non-hydrogen) atoms. The van der Waals surface area contributed by atoms with E-state index in [0.29, 0.717) is 0 Å². The van der Waals surface area contributed by atoms with E-state index in [1.54, 1.807) is 11.3 Å². The lowest BCUT2D eigenvalue weighted by Gasteiger charge is -2.21. The summed E-state index contributed by atoms with van der Waals surface area (Å²) < 4.78 is 1.12. The van der Waals surface area contributed by atoms with Crippen LogP contribution in [0.3, 0.4) is 0 Å². The molecule has 0 saturated heterocycles. The molecule has 1 aromatic heterocycles. The van der Waals surface area contributed by atoms with Crippen molar-refractivity contribution < 1.29 is 0 Å². The Morgan fingerprint density at radius 1 is 1.29 bits per heavy atom. The summed E-state index contributed by atoms with van der Waals surface area (Å²) >= 11 is 8.87. The summed E-state index contributed by atoms with van der Waals surface area (Å²) in [5.74, 6) is 0. The molecule has 0 aliphatic carbocycles. The Kier molecular flexibility index (Phi) is 4.65. The summed E-state index contributed by atoms with van der Waals surface area (Å²) in [6.45, 7) is 0.952. The van der Waals surface area contributed by atoms with Gasteiger partial charge in [-0.05, 0) is 29.1 Å². The Balaban J connectivity index is 2.23.